The third-order valence-electron chi connectivity index (χ3n) is 2.90. The Bertz CT molecular complexity index is 483. The van der Waals surface area contributed by atoms with Crippen LogP contribution in [0.25, 0.3) is 0 Å². The average molecular weight is 336 g/mol. The Balaban J connectivity index is 2.25. The smallest absolute Gasteiger partial charge is 0.256 e. The van der Waals surface area contributed by atoms with Crippen LogP contribution in [0.4, 0.5) is 4.39 Å². The molecule has 2 rings (SSSR count). The monoisotopic (exact) mass is 334 g/mol. The van der Waals surface area contributed by atoms with Crippen LogP contribution in [0, 0.1) is 5.82 Å². The number of rotatable bonds is 1. The maximum atomic E-state index is 13.8. The summed E-state index contributed by atoms with van der Waals surface area (Å²) in [5.74, 6) is -0.863. The van der Waals surface area contributed by atoms with Gasteiger partial charge in [0.1, 0.15) is 5.82 Å². The number of nitrogens with one attached hydrogen (secondary N) is 1. The highest BCUT2D eigenvalue weighted by molar-refractivity contribution is 9.10. The van der Waals surface area contributed by atoms with Crippen molar-refractivity contribution >= 4 is 33.4 Å². The summed E-state index contributed by atoms with van der Waals surface area (Å²) in [6.07, 6.45) is 0. The second-order valence-electron chi connectivity index (χ2n) is 4.35. The molecule has 1 N–H and O–H groups in total. The van der Waals surface area contributed by atoms with Gasteiger partial charge >= 0.3 is 0 Å². The van der Waals surface area contributed by atoms with Crippen molar-refractivity contribution in [2.75, 3.05) is 19.6 Å². The highest BCUT2D eigenvalue weighted by Gasteiger charge is 2.24. The third kappa shape index (κ3) is 2.84. The van der Waals surface area contributed by atoms with E-state index in [4.69, 9.17) is 11.6 Å². The lowest BCUT2D eigenvalue weighted by Gasteiger charge is -2.32. The van der Waals surface area contributed by atoms with Crippen LogP contribution in [0.5, 0.6) is 0 Å². The first kappa shape index (κ1) is 13.8. The fourth-order valence-electron chi connectivity index (χ4n) is 1.97. The van der Waals surface area contributed by atoms with Gasteiger partial charge in [-0.15, -0.1) is 0 Å². The van der Waals surface area contributed by atoms with Crippen LogP contribution < -0.4 is 5.32 Å². The summed E-state index contributed by atoms with van der Waals surface area (Å²) in [5.41, 5.74) is 0.0253. The first-order valence-corrected chi connectivity index (χ1v) is 6.83. The van der Waals surface area contributed by atoms with Crippen LogP contribution in [0.3, 0.4) is 0 Å². The molecule has 0 spiro atoms. The molecule has 1 saturated heterocycles. The standard InChI is InChI=1S/C12H13BrClFN2O/c1-7-6-17(3-2-16-7)12(18)8-4-10(14)9(13)5-11(8)15/h4-5,7,16H,2-3,6H2,1H3/t7-/m1/s1. The van der Waals surface area contributed by atoms with E-state index in [9.17, 15) is 9.18 Å². The van der Waals surface area contributed by atoms with E-state index in [0.29, 0.717) is 22.6 Å². The minimum atomic E-state index is -0.553. The summed E-state index contributed by atoms with van der Waals surface area (Å²) in [4.78, 5) is 13.9. The Labute approximate surface area is 118 Å². The molecule has 0 unspecified atom stereocenters. The molecule has 18 heavy (non-hydrogen) atoms. The van der Waals surface area contributed by atoms with Crippen LogP contribution >= 0.6 is 27.5 Å². The highest BCUT2D eigenvalue weighted by Crippen LogP contribution is 2.26. The van der Waals surface area contributed by atoms with Crippen LogP contribution in [0.2, 0.25) is 5.02 Å². The SMILES string of the molecule is C[C@@H]1CN(C(=O)c2cc(Cl)c(Br)cc2F)CCN1. The highest BCUT2D eigenvalue weighted by atomic mass is 79.9. The van der Waals surface area contributed by atoms with E-state index in [1.165, 1.54) is 12.1 Å². The van der Waals surface area contributed by atoms with Gasteiger partial charge in [-0.05, 0) is 35.0 Å². The Kier molecular flexibility index (Phi) is 4.25. The van der Waals surface area contributed by atoms with Crippen molar-refractivity contribution in [2.45, 2.75) is 13.0 Å². The van der Waals surface area contributed by atoms with Crippen molar-refractivity contribution < 1.29 is 9.18 Å². The predicted molar refractivity (Wildman–Crippen MR) is 72.5 cm³/mol. The lowest BCUT2D eigenvalue weighted by Crippen LogP contribution is -2.51. The van der Waals surface area contributed by atoms with Crippen molar-refractivity contribution in [3.05, 3.63) is 33.0 Å². The van der Waals surface area contributed by atoms with Gasteiger partial charge in [0.2, 0.25) is 0 Å². The van der Waals surface area contributed by atoms with Crippen LogP contribution in [-0.4, -0.2) is 36.5 Å². The molecule has 1 atom stereocenters. The minimum absolute atomic E-state index is 0.0253. The molecule has 98 valence electrons. The average Bonchev–Trinajstić information content (AvgIpc) is 2.33. The van der Waals surface area contributed by atoms with Crippen molar-refractivity contribution in [3.8, 4) is 0 Å². The van der Waals surface area contributed by atoms with Crippen molar-refractivity contribution in [3.63, 3.8) is 0 Å². The first-order chi connectivity index (χ1) is 8.49. The second kappa shape index (κ2) is 5.55. The maximum Gasteiger partial charge on any atom is 0.256 e. The number of hydrogen-bond donors (Lipinski definition) is 1. The van der Waals surface area contributed by atoms with Gasteiger partial charge < -0.3 is 10.2 Å². The number of amides is 1. The van der Waals surface area contributed by atoms with Crippen molar-refractivity contribution in [1.29, 1.82) is 0 Å². The molecule has 0 radical (unpaired) electrons. The normalized spacial score (nSPS) is 20.0. The second-order valence-corrected chi connectivity index (χ2v) is 5.61. The Morgan fingerprint density at radius 1 is 1.61 bits per heavy atom. The molecular formula is C12H13BrClFN2O. The van der Waals surface area contributed by atoms with E-state index in [-0.39, 0.29) is 17.5 Å². The number of nitrogens with zero attached hydrogens (tertiary/aromatic N) is 1. The van der Waals surface area contributed by atoms with E-state index in [1.807, 2.05) is 6.92 Å². The zero-order valence-corrected chi connectivity index (χ0v) is 12.2. The summed E-state index contributed by atoms with van der Waals surface area (Å²) in [6, 6.07) is 2.81. The summed E-state index contributed by atoms with van der Waals surface area (Å²) >= 11 is 9.03. The van der Waals surface area contributed by atoms with Gasteiger partial charge in [0.25, 0.3) is 5.91 Å². The number of halogens is 3. The van der Waals surface area contributed by atoms with E-state index in [1.54, 1.807) is 4.90 Å². The number of carbonyl (C=O) groups is 1. The van der Waals surface area contributed by atoms with Crippen LogP contribution in [0.1, 0.15) is 17.3 Å². The van der Waals surface area contributed by atoms with E-state index in [2.05, 4.69) is 21.2 Å². The van der Waals surface area contributed by atoms with E-state index >= 15 is 0 Å². The third-order valence-corrected chi connectivity index (χ3v) is 4.09. The number of piperazine rings is 1. The molecule has 0 saturated carbocycles. The molecule has 0 aromatic heterocycles. The van der Waals surface area contributed by atoms with Gasteiger partial charge in [-0.3, -0.25) is 4.79 Å². The van der Waals surface area contributed by atoms with Gasteiger partial charge in [-0.2, -0.15) is 0 Å². The minimum Gasteiger partial charge on any atom is -0.336 e. The number of carbonyl (C=O) groups excluding carboxylic acids is 1. The number of benzene rings is 1. The number of hydrogen-bond acceptors (Lipinski definition) is 2. The molecule has 1 aliphatic heterocycles. The topological polar surface area (TPSA) is 32.3 Å². The zero-order chi connectivity index (χ0) is 13.3. The van der Waals surface area contributed by atoms with Crippen LogP contribution in [0.15, 0.2) is 16.6 Å². The maximum absolute atomic E-state index is 13.8. The molecule has 1 heterocycles. The molecule has 1 aliphatic rings. The molecule has 0 aliphatic carbocycles. The fraction of sp³-hybridized carbons (Fsp3) is 0.417. The Morgan fingerprint density at radius 3 is 3.00 bits per heavy atom. The van der Waals surface area contributed by atoms with Crippen LogP contribution in [-0.2, 0) is 0 Å². The molecule has 6 heteroatoms. The lowest BCUT2D eigenvalue weighted by atomic mass is 10.1. The zero-order valence-electron chi connectivity index (χ0n) is 9.84. The van der Waals surface area contributed by atoms with E-state index in [0.717, 1.165) is 6.54 Å². The van der Waals surface area contributed by atoms with Gasteiger partial charge in [0.05, 0.1) is 10.6 Å². The van der Waals surface area contributed by atoms with Crippen molar-refractivity contribution in [2.24, 2.45) is 0 Å². The molecule has 3 nitrogen and oxygen atoms in total. The summed E-state index contributed by atoms with van der Waals surface area (Å²) in [6.45, 7) is 3.87. The first-order valence-electron chi connectivity index (χ1n) is 5.66. The fourth-order valence-corrected chi connectivity index (χ4v) is 2.45. The summed E-state index contributed by atoms with van der Waals surface area (Å²) < 4.78 is 14.2. The van der Waals surface area contributed by atoms with Crippen molar-refractivity contribution in [1.82, 2.24) is 10.2 Å². The van der Waals surface area contributed by atoms with E-state index < -0.39 is 5.82 Å². The quantitative estimate of drug-likeness (QED) is 0.800. The van der Waals surface area contributed by atoms with Gasteiger partial charge in [-0.25, -0.2) is 4.39 Å². The molecule has 1 amide bonds. The Hall–Kier alpha value is -0.650. The predicted octanol–water partition coefficient (Wildman–Crippen LogP) is 2.68. The Morgan fingerprint density at radius 2 is 2.33 bits per heavy atom. The summed E-state index contributed by atoms with van der Waals surface area (Å²) in [5, 5.41) is 3.57. The lowest BCUT2D eigenvalue weighted by molar-refractivity contribution is 0.0704. The molecular weight excluding hydrogens is 323 g/mol. The molecule has 1 aromatic rings. The van der Waals surface area contributed by atoms with Gasteiger partial charge in [-0.1, -0.05) is 11.6 Å². The molecule has 1 aromatic carbocycles. The molecule has 0 bridgehead atoms. The largest absolute Gasteiger partial charge is 0.336 e. The summed E-state index contributed by atoms with van der Waals surface area (Å²) in [7, 11) is 0. The van der Waals surface area contributed by atoms with Gasteiger partial charge in [0.15, 0.2) is 0 Å². The molecule has 1 fully saturated rings. The van der Waals surface area contributed by atoms with Gasteiger partial charge in [0, 0.05) is 30.1 Å².